The predicted molar refractivity (Wildman–Crippen MR) is 67.3 cm³/mol. The summed E-state index contributed by atoms with van der Waals surface area (Å²) in [5.74, 6) is 0.945. The first-order valence-corrected chi connectivity index (χ1v) is 6.93. The van der Waals surface area contributed by atoms with Crippen LogP contribution in [0, 0.1) is 5.92 Å². The molecule has 1 saturated carbocycles. The Kier molecular flexibility index (Phi) is 3.81. The van der Waals surface area contributed by atoms with Crippen molar-refractivity contribution in [1.82, 2.24) is 5.32 Å². The molecule has 1 nitrogen and oxygen atoms in total. The van der Waals surface area contributed by atoms with Gasteiger partial charge in [0.05, 0.1) is 0 Å². The molecule has 1 atom stereocenters. The van der Waals surface area contributed by atoms with Crippen LogP contribution in [-0.2, 0) is 0 Å². The fourth-order valence-electron chi connectivity index (χ4n) is 2.40. The molecular formula is C13H21NS. The second kappa shape index (κ2) is 5.13. The SMILES string of the molecule is CC1CCC(NC(C)c2cccs2)CC1. The standard InChI is InChI=1S/C13H21NS/c1-10-5-7-12(8-6-10)14-11(2)13-4-3-9-15-13/h3-4,9-12,14H,5-8H2,1-2H3. The molecule has 1 aromatic rings. The Morgan fingerprint density at radius 1 is 1.33 bits per heavy atom. The maximum absolute atomic E-state index is 3.75. The first-order valence-electron chi connectivity index (χ1n) is 6.05. The summed E-state index contributed by atoms with van der Waals surface area (Å²) >= 11 is 1.86. The summed E-state index contributed by atoms with van der Waals surface area (Å²) in [5.41, 5.74) is 0. The van der Waals surface area contributed by atoms with E-state index in [9.17, 15) is 0 Å². The van der Waals surface area contributed by atoms with Gasteiger partial charge in [0.2, 0.25) is 0 Å². The molecule has 1 N–H and O–H groups in total. The van der Waals surface area contributed by atoms with Gasteiger partial charge in [-0.05, 0) is 50.0 Å². The van der Waals surface area contributed by atoms with Crippen molar-refractivity contribution in [2.24, 2.45) is 5.92 Å². The average molecular weight is 223 g/mol. The minimum absolute atomic E-state index is 0.531. The molecule has 0 amide bonds. The summed E-state index contributed by atoms with van der Waals surface area (Å²) in [6.07, 6.45) is 5.51. The molecule has 2 heteroatoms. The molecule has 1 aliphatic rings. The highest BCUT2D eigenvalue weighted by atomic mass is 32.1. The summed E-state index contributed by atoms with van der Waals surface area (Å²) in [5, 5.41) is 5.92. The lowest BCUT2D eigenvalue weighted by molar-refractivity contribution is 0.292. The lowest BCUT2D eigenvalue weighted by Crippen LogP contribution is -2.34. The van der Waals surface area contributed by atoms with Crippen LogP contribution in [0.2, 0.25) is 0 Å². The predicted octanol–water partition coefficient (Wildman–Crippen LogP) is 3.98. The normalized spacial score (nSPS) is 28.9. The quantitative estimate of drug-likeness (QED) is 0.817. The van der Waals surface area contributed by atoms with Crippen LogP contribution < -0.4 is 5.32 Å². The van der Waals surface area contributed by atoms with E-state index >= 15 is 0 Å². The van der Waals surface area contributed by atoms with E-state index in [0.717, 1.165) is 12.0 Å². The van der Waals surface area contributed by atoms with Crippen LogP contribution in [-0.4, -0.2) is 6.04 Å². The largest absolute Gasteiger partial charge is 0.307 e. The summed E-state index contributed by atoms with van der Waals surface area (Å²) in [6, 6.07) is 5.65. The molecular weight excluding hydrogens is 202 g/mol. The topological polar surface area (TPSA) is 12.0 Å². The molecule has 1 aromatic heterocycles. The lowest BCUT2D eigenvalue weighted by Gasteiger charge is -2.29. The zero-order valence-electron chi connectivity index (χ0n) is 9.70. The van der Waals surface area contributed by atoms with Crippen molar-refractivity contribution in [3.8, 4) is 0 Å². The second-order valence-corrected chi connectivity index (χ2v) is 5.84. The highest BCUT2D eigenvalue weighted by molar-refractivity contribution is 7.10. The number of hydrogen-bond donors (Lipinski definition) is 1. The van der Waals surface area contributed by atoms with Gasteiger partial charge in [0.1, 0.15) is 0 Å². The van der Waals surface area contributed by atoms with E-state index in [1.165, 1.54) is 30.6 Å². The van der Waals surface area contributed by atoms with Gasteiger partial charge in [-0.15, -0.1) is 11.3 Å². The van der Waals surface area contributed by atoms with Crippen LogP contribution >= 0.6 is 11.3 Å². The fourth-order valence-corrected chi connectivity index (χ4v) is 3.14. The van der Waals surface area contributed by atoms with E-state index in [-0.39, 0.29) is 0 Å². The summed E-state index contributed by atoms with van der Waals surface area (Å²) in [7, 11) is 0. The van der Waals surface area contributed by atoms with Gasteiger partial charge in [0, 0.05) is 17.0 Å². The van der Waals surface area contributed by atoms with Crippen molar-refractivity contribution < 1.29 is 0 Å². The van der Waals surface area contributed by atoms with Gasteiger partial charge < -0.3 is 5.32 Å². The van der Waals surface area contributed by atoms with Crippen molar-refractivity contribution in [3.05, 3.63) is 22.4 Å². The van der Waals surface area contributed by atoms with Crippen LogP contribution in [0.3, 0.4) is 0 Å². The molecule has 1 aliphatic carbocycles. The average Bonchev–Trinajstić information content (AvgIpc) is 2.74. The van der Waals surface area contributed by atoms with Gasteiger partial charge in [-0.2, -0.15) is 0 Å². The third kappa shape index (κ3) is 3.05. The van der Waals surface area contributed by atoms with Crippen molar-refractivity contribution in [3.63, 3.8) is 0 Å². The molecule has 0 spiro atoms. The van der Waals surface area contributed by atoms with Crippen molar-refractivity contribution >= 4 is 11.3 Å². The van der Waals surface area contributed by atoms with Gasteiger partial charge in [-0.25, -0.2) is 0 Å². The molecule has 0 saturated heterocycles. The Morgan fingerprint density at radius 3 is 2.67 bits per heavy atom. The molecule has 0 aromatic carbocycles. The highest BCUT2D eigenvalue weighted by Crippen LogP contribution is 2.26. The molecule has 84 valence electrons. The molecule has 2 rings (SSSR count). The first-order chi connectivity index (χ1) is 7.25. The Labute approximate surface area is 96.9 Å². The summed E-state index contributed by atoms with van der Waals surface area (Å²) < 4.78 is 0. The third-order valence-electron chi connectivity index (χ3n) is 3.47. The smallest absolute Gasteiger partial charge is 0.0388 e. The van der Waals surface area contributed by atoms with Gasteiger partial charge in [0.25, 0.3) is 0 Å². The number of nitrogens with one attached hydrogen (secondary N) is 1. The first kappa shape index (κ1) is 11.2. The molecule has 0 radical (unpaired) electrons. The Morgan fingerprint density at radius 2 is 2.07 bits per heavy atom. The van der Waals surface area contributed by atoms with Crippen molar-refractivity contribution in [1.29, 1.82) is 0 Å². The van der Waals surface area contributed by atoms with Gasteiger partial charge in [0.15, 0.2) is 0 Å². The minimum atomic E-state index is 0.531. The highest BCUT2D eigenvalue weighted by Gasteiger charge is 2.19. The molecule has 15 heavy (non-hydrogen) atoms. The summed E-state index contributed by atoms with van der Waals surface area (Å²) in [6.45, 7) is 4.66. The number of rotatable bonds is 3. The molecule has 1 fully saturated rings. The van der Waals surface area contributed by atoms with Crippen LogP contribution in [0.25, 0.3) is 0 Å². The van der Waals surface area contributed by atoms with Crippen molar-refractivity contribution in [2.75, 3.05) is 0 Å². The maximum atomic E-state index is 3.75. The Balaban J connectivity index is 1.82. The Bertz CT molecular complexity index is 273. The van der Waals surface area contributed by atoms with Crippen molar-refractivity contribution in [2.45, 2.75) is 51.6 Å². The minimum Gasteiger partial charge on any atom is -0.307 e. The van der Waals surface area contributed by atoms with E-state index in [1.807, 2.05) is 11.3 Å². The molecule has 0 bridgehead atoms. The van der Waals surface area contributed by atoms with E-state index in [0.29, 0.717) is 6.04 Å². The zero-order valence-corrected chi connectivity index (χ0v) is 10.5. The van der Waals surface area contributed by atoms with E-state index in [4.69, 9.17) is 0 Å². The Hall–Kier alpha value is -0.340. The number of hydrogen-bond acceptors (Lipinski definition) is 2. The van der Waals surface area contributed by atoms with Crippen LogP contribution in [0.4, 0.5) is 0 Å². The number of thiophene rings is 1. The van der Waals surface area contributed by atoms with Gasteiger partial charge in [-0.1, -0.05) is 13.0 Å². The van der Waals surface area contributed by atoms with Gasteiger partial charge >= 0.3 is 0 Å². The second-order valence-electron chi connectivity index (χ2n) is 4.86. The monoisotopic (exact) mass is 223 g/mol. The lowest BCUT2D eigenvalue weighted by atomic mass is 9.87. The van der Waals surface area contributed by atoms with Crippen LogP contribution in [0.5, 0.6) is 0 Å². The van der Waals surface area contributed by atoms with Crippen LogP contribution in [0.15, 0.2) is 17.5 Å². The molecule has 1 heterocycles. The van der Waals surface area contributed by atoms with E-state index in [1.54, 1.807) is 0 Å². The van der Waals surface area contributed by atoms with Gasteiger partial charge in [-0.3, -0.25) is 0 Å². The third-order valence-corrected chi connectivity index (χ3v) is 4.53. The maximum Gasteiger partial charge on any atom is 0.0388 e. The van der Waals surface area contributed by atoms with Crippen LogP contribution in [0.1, 0.15) is 50.4 Å². The molecule has 1 unspecified atom stereocenters. The fraction of sp³-hybridized carbons (Fsp3) is 0.692. The molecule has 0 aliphatic heterocycles. The van der Waals surface area contributed by atoms with E-state index < -0.39 is 0 Å². The zero-order chi connectivity index (χ0) is 10.7. The summed E-state index contributed by atoms with van der Waals surface area (Å²) in [4.78, 5) is 1.47. The van der Waals surface area contributed by atoms with E-state index in [2.05, 4.69) is 36.7 Å².